The number of ether oxygens (including phenoxy) is 1. The van der Waals surface area contributed by atoms with Crippen LogP contribution in [0.1, 0.15) is 18.4 Å². The molecule has 0 saturated heterocycles. The van der Waals surface area contributed by atoms with E-state index in [0.29, 0.717) is 11.7 Å². The zero-order valence-corrected chi connectivity index (χ0v) is 16.3. The van der Waals surface area contributed by atoms with E-state index in [1.54, 1.807) is 10.9 Å². The maximum atomic E-state index is 6.17. The third-order valence-electron chi connectivity index (χ3n) is 4.00. The van der Waals surface area contributed by atoms with E-state index < -0.39 is 0 Å². The molecule has 0 amide bonds. The Morgan fingerprint density at radius 1 is 1.27 bits per heavy atom. The summed E-state index contributed by atoms with van der Waals surface area (Å²) in [4.78, 5) is 13.0. The van der Waals surface area contributed by atoms with E-state index in [9.17, 15) is 0 Å². The number of hydrogen-bond acceptors (Lipinski definition) is 6. The van der Waals surface area contributed by atoms with Gasteiger partial charge in [0.05, 0.1) is 6.20 Å². The molecule has 0 unspecified atom stereocenters. The van der Waals surface area contributed by atoms with Crippen LogP contribution in [0.4, 0.5) is 0 Å². The van der Waals surface area contributed by atoms with E-state index in [-0.39, 0.29) is 6.10 Å². The molecule has 26 heavy (non-hydrogen) atoms. The third-order valence-corrected chi connectivity index (χ3v) is 4.00. The fourth-order valence-corrected chi connectivity index (χ4v) is 2.53. The summed E-state index contributed by atoms with van der Waals surface area (Å²) in [5.41, 5.74) is 1.08. The molecule has 0 bridgehead atoms. The van der Waals surface area contributed by atoms with Gasteiger partial charge in [0.25, 0.3) is 0 Å². The highest BCUT2D eigenvalue weighted by atomic mass is 16.5. The van der Waals surface area contributed by atoms with Gasteiger partial charge in [0.15, 0.2) is 5.82 Å². The summed E-state index contributed by atoms with van der Waals surface area (Å²) in [6.45, 7) is 8.66. The van der Waals surface area contributed by atoms with Crippen molar-refractivity contribution in [3.05, 3.63) is 43.0 Å². The van der Waals surface area contributed by atoms with Crippen LogP contribution < -0.4 is 4.74 Å². The molecule has 0 aliphatic rings. The number of nitrogens with zero attached hydrogens (tertiary/aromatic N) is 6. The monoisotopic (exact) mass is 358 g/mol. The number of allylic oxidation sites excluding steroid dienone is 1. The molecule has 2 aromatic heterocycles. The standard InChI is InChI=1S/C19H30N6O/c1-6-7-8-17(14-24(5)10-9-23(3)4)26-19-11-18(20-15-21-19)25-13-16(2)12-22-25/h6,11-13,15,17H,1,7-10,14H2,2-5H3/t17-/m1/s1. The minimum atomic E-state index is 0.0438. The van der Waals surface area contributed by atoms with E-state index in [2.05, 4.69) is 52.6 Å². The lowest BCUT2D eigenvalue weighted by molar-refractivity contribution is 0.130. The Morgan fingerprint density at radius 2 is 2.08 bits per heavy atom. The van der Waals surface area contributed by atoms with Gasteiger partial charge in [0, 0.05) is 31.9 Å². The molecule has 2 heterocycles. The van der Waals surface area contributed by atoms with Crippen LogP contribution in [0.25, 0.3) is 5.82 Å². The lowest BCUT2D eigenvalue weighted by atomic mass is 10.2. The average molecular weight is 358 g/mol. The van der Waals surface area contributed by atoms with Gasteiger partial charge in [-0.05, 0) is 46.5 Å². The minimum absolute atomic E-state index is 0.0438. The van der Waals surface area contributed by atoms with E-state index in [0.717, 1.165) is 38.0 Å². The normalized spacial score (nSPS) is 12.5. The minimum Gasteiger partial charge on any atom is -0.473 e. The highest BCUT2D eigenvalue weighted by Crippen LogP contribution is 2.15. The van der Waals surface area contributed by atoms with Crippen molar-refractivity contribution in [2.75, 3.05) is 40.8 Å². The van der Waals surface area contributed by atoms with Crippen molar-refractivity contribution in [1.82, 2.24) is 29.5 Å². The summed E-state index contributed by atoms with van der Waals surface area (Å²) >= 11 is 0. The first-order valence-corrected chi connectivity index (χ1v) is 8.92. The van der Waals surface area contributed by atoms with Crippen LogP contribution in [0.2, 0.25) is 0 Å². The second kappa shape index (κ2) is 10.0. The Balaban J connectivity index is 2.03. The summed E-state index contributed by atoms with van der Waals surface area (Å²) in [6.07, 6.45) is 9.02. The zero-order valence-electron chi connectivity index (χ0n) is 16.3. The van der Waals surface area contributed by atoms with Crippen LogP contribution in [-0.4, -0.2) is 76.4 Å². The average Bonchev–Trinajstić information content (AvgIpc) is 3.04. The van der Waals surface area contributed by atoms with E-state index in [1.807, 2.05) is 25.3 Å². The number of rotatable bonds is 11. The molecule has 0 spiro atoms. The fourth-order valence-electron chi connectivity index (χ4n) is 2.53. The van der Waals surface area contributed by atoms with Gasteiger partial charge in [-0.15, -0.1) is 6.58 Å². The maximum absolute atomic E-state index is 6.17. The maximum Gasteiger partial charge on any atom is 0.218 e. The highest BCUT2D eigenvalue weighted by molar-refractivity contribution is 5.26. The molecule has 0 aromatic carbocycles. The first-order valence-electron chi connectivity index (χ1n) is 8.92. The molecule has 0 saturated carbocycles. The first kappa shape index (κ1) is 20.1. The van der Waals surface area contributed by atoms with Crippen molar-refractivity contribution >= 4 is 0 Å². The van der Waals surface area contributed by atoms with Crippen molar-refractivity contribution in [3.8, 4) is 11.7 Å². The molecule has 0 fully saturated rings. The van der Waals surface area contributed by atoms with Crippen molar-refractivity contribution < 1.29 is 4.74 Å². The number of likely N-dealkylation sites (N-methyl/N-ethyl adjacent to an activating group) is 2. The largest absolute Gasteiger partial charge is 0.473 e. The molecule has 0 aliphatic carbocycles. The van der Waals surface area contributed by atoms with Crippen molar-refractivity contribution in [1.29, 1.82) is 0 Å². The predicted octanol–water partition coefficient (Wildman–Crippen LogP) is 2.18. The quantitative estimate of drug-likeness (QED) is 0.574. The van der Waals surface area contributed by atoms with Gasteiger partial charge in [-0.25, -0.2) is 14.6 Å². The molecule has 7 nitrogen and oxygen atoms in total. The Bertz CT molecular complexity index is 684. The van der Waals surface area contributed by atoms with Crippen LogP contribution in [0.5, 0.6) is 5.88 Å². The number of hydrogen-bond donors (Lipinski definition) is 0. The summed E-state index contributed by atoms with van der Waals surface area (Å²) in [5.74, 6) is 1.27. The van der Waals surface area contributed by atoms with Gasteiger partial charge in [0.1, 0.15) is 12.4 Å². The summed E-state index contributed by atoms with van der Waals surface area (Å²) in [5, 5.41) is 4.29. The van der Waals surface area contributed by atoms with Gasteiger partial charge >= 0.3 is 0 Å². The number of aryl methyl sites for hydroxylation is 1. The second-order valence-electron chi connectivity index (χ2n) is 6.85. The molecule has 142 valence electrons. The molecule has 0 N–H and O–H groups in total. The first-order chi connectivity index (χ1) is 12.5. The van der Waals surface area contributed by atoms with Crippen LogP contribution >= 0.6 is 0 Å². The van der Waals surface area contributed by atoms with Crippen LogP contribution in [0, 0.1) is 6.92 Å². The topological polar surface area (TPSA) is 59.3 Å². The second-order valence-corrected chi connectivity index (χ2v) is 6.85. The lowest BCUT2D eigenvalue weighted by Gasteiger charge is -2.25. The molecule has 2 rings (SSSR count). The van der Waals surface area contributed by atoms with Gasteiger partial charge in [-0.2, -0.15) is 5.10 Å². The van der Waals surface area contributed by atoms with Crippen LogP contribution in [-0.2, 0) is 0 Å². The SMILES string of the molecule is C=CCC[C@H](CN(C)CCN(C)C)Oc1cc(-n2cc(C)cn2)ncn1. The van der Waals surface area contributed by atoms with Crippen LogP contribution in [0.3, 0.4) is 0 Å². The Hall–Kier alpha value is -2.25. The molecule has 0 aliphatic heterocycles. The van der Waals surface area contributed by atoms with Crippen molar-refractivity contribution in [2.45, 2.75) is 25.9 Å². The van der Waals surface area contributed by atoms with Gasteiger partial charge in [0.2, 0.25) is 5.88 Å². The van der Waals surface area contributed by atoms with Crippen molar-refractivity contribution in [3.63, 3.8) is 0 Å². The van der Waals surface area contributed by atoms with Gasteiger partial charge in [-0.3, -0.25) is 0 Å². The third kappa shape index (κ3) is 6.57. The highest BCUT2D eigenvalue weighted by Gasteiger charge is 2.15. The molecule has 2 aromatic rings. The van der Waals surface area contributed by atoms with Gasteiger partial charge in [-0.1, -0.05) is 6.08 Å². The summed E-state index contributed by atoms with van der Waals surface area (Å²) in [6, 6.07) is 1.83. The Kier molecular flexibility index (Phi) is 7.74. The molecule has 1 atom stereocenters. The zero-order chi connectivity index (χ0) is 18.9. The number of aromatic nitrogens is 4. The smallest absolute Gasteiger partial charge is 0.218 e. The summed E-state index contributed by atoms with van der Waals surface area (Å²) < 4.78 is 7.90. The van der Waals surface area contributed by atoms with Crippen LogP contribution in [0.15, 0.2) is 37.4 Å². The Labute approximate surface area is 156 Å². The molecular formula is C19H30N6O. The predicted molar refractivity (Wildman–Crippen MR) is 104 cm³/mol. The van der Waals surface area contributed by atoms with E-state index in [4.69, 9.17) is 4.74 Å². The van der Waals surface area contributed by atoms with E-state index in [1.165, 1.54) is 6.33 Å². The lowest BCUT2D eigenvalue weighted by Crippen LogP contribution is -2.37. The van der Waals surface area contributed by atoms with Gasteiger partial charge < -0.3 is 14.5 Å². The molecule has 7 heteroatoms. The molecule has 0 radical (unpaired) electrons. The molecular weight excluding hydrogens is 328 g/mol. The summed E-state index contributed by atoms with van der Waals surface area (Å²) in [7, 11) is 6.28. The van der Waals surface area contributed by atoms with Crippen molar-refractivity contribution in [2.24, 2.45) is 0 Å². The fraction of sp³-hybridized carbons (Fsp3) is 0.526. The Morgan fingerprint density at radius 3 is 2.73 bits per heavy atom. The van der Waals surface area contributed by atoms with E-state index >= 15 is 0 Å².